The predicted molar refractivity (Wildman–Crippen MR) is 85.2 cm³/mol. The SMILES string of the molecule is Cn1ncc2c1CC1(CCNCC1)[C@@H]2N[S@+]([O-])C(C)(C)C. The number of hydrogen-bond donors (Lipinski definition) is 2. The van der Waals surface area contributed by atoms with E-state index in [1.807, 2.05) is 38.7 Å². The lowest BCUT2D eigenvalue weighted by atomic mass is 9.74. The van der Waals surface area contributed by atoms with Gasteiger partial charge in [-0.05, 0) is 53.1 Å². The van der Waals surface area contributed by atoms with E-state index < -0.39 is 11.4 Å². The molecule has 0 saturated carbocycles. The van der Waals surface area contributed by atoms with Crippen LogP contribution in [0.2, 0.25) is 0 Å². The van der Waals surface area contributed by atoms with Gasteiger partial charge in [-0.3, -0.25) is 4.68 Å². The Balaban J connectivity index is 1.92. The first-order valence-electron chi connectivity index (χ1n) is 7.73. The molecule has 1 aliphatic carbocycles. The third-order valence-electron chi connectivity index (χ3n) is 4.92. The molecule has 2 N–H and O–H groups in total. The molecule has 5 nitrogen and oxygen atoms in total. The summed E-state index contributed by atoms with van der Waals surface area (Å²) < 4.78 is 17.8. The van der Waals surface area contributed by atoms with E-state index in [4.69, 9.17) is 0 Å². The zero-order valence-electron chi connectivity index (χ0n) is 13.4. The van der Waals surface area contributed by atoms with E-state index in [9.17, 15) is 4.55 Å². The topological polar surface area (TPSA) is 64.9 Å². The Hall–Kier alpha value is -0.560. The molecule has 1 fully saturated rings. The van der Waals surface area contributed by atoms with Crippen molar-refractivity contribution >= 4 is 11.4 Å². The monoisotopic (exact) mass is 310 g/mol. The minimum Gasteiger partial charge on any atom is -0.598 e. The van der Waals surface area contributed by atoms with Crippen molar-refractivity contribution in [2.75, 3.05) is 13.1 Å². The number of aromatic nitrogens is 2. The van der Waals surface area contributed by atoms with Crippen molar-refractivity contribution in [3.63, 3.8) is 0 Å². The summed E-state index contributed by atoms with van der Waals surface area (Å²) in [7, 11) is 2.01. The molecule has 1 saturated heterocycles. The average Bonchev–Trinajstić information content (AvgIpc) is 2.90. The number of hydrogen-bond acceptors (Lipinski definition) is 4. The number of nitrogens with zero attached hydrogens (tertiary/aromatic N) is 2. The Bertz CT molecular complexity index is 516. The van der Waals surface area contributed by atoms with Gasteiger partial charge in [-0.2, -0.15) is 5.10 Å². The van der Waals surface area contributed by atoms with Crippen LogP contribution in [0, 0.1) is 5.41 Å². The van der Waals surface area contributed by atoms with Crippen LogP contribution in [0.4, 0.5) is 0 Å². The zero-order chi connectivity index (χ0) is 15.3. The van der Waals surface area contributed by atoms with E-state index in [1.54, 1.807) is 0 Å². The van der Waals surface area contributed by atoms with Gasteiger partial charge in [0.2, 0.25) is 0 Å². The van der Waals surface area contributed by atoms with Gasteiger partial charge in [0.15, 0.2) is 0 Å². The smallest absolute Gasteiger partial charge is 0.136 e. The summed E-state index contributed by atoms with van der Waals surface area (Å²) in [6.45, 7) is 8.14. The molecule has 1 aromatic heterocycles. The van der Waals surface area contributed by atoms with Crippen LogP contribution < -0.4 is 10.0 Å². The van der Waals surface area contributed by atoms with E-state index >= 15 is 0 Å². The molecule has 1 spiro atoms. The van der Waals surface area contributed by atoms with E-state index in [2.05, 4.69) is 15.1 Å². The van der Waals surface area contributed by atoms with Crippen LogP contribution in [0.5, 0.6) is 0 Å². The van der Waals surface area contributed by atoms with Gasteiger partial charge in [0.25, 0.3) is 0 Å². The molecule has 0 aromatic carbocycles. The van der Waals surface area contributed by atoms with Crippen LogP contribution in [0.15, 0.2) is 6.20 Å². The van der Waals surface area contributed by atoms with Gasteiger partial charge < -0.3 is 9.87 Å². The van der Waals surface area contributed by atoms with E-state index in [-0.39, 0.29) is 16.2 Å². The standard InChI is InChI=1S/C15H26N4OS/c1-14(2,3)21(20)18-13-11-10-17-19(4)12(11)9-15(13)5-7-16-8-6-15/h10,13,16,18H,5-9H2,1-4H3/t13-,21-/m1/s1. The lowest BCUT2D eigenvalue weighted by molar-refractivity contribution is 0.161. The maximum Gasteiger partial charge on any atom is 0.136 e. The summed E-state index contributed by atoms with van der Waals surface area (Å²) in [6.07, 6.45) is 5.25. The third-order valence-corrected chi connectivity index (χ3v) is 6.48. The molecule has 1 aliphatic heterocycles. The van der Waals surface area contributed by atoms with Crippen molar-refractivity contribution in [2.45, 2.75) is 50.8 Å². The van der Waals surface area contributed by atoms with Gasteiger partial charge in [-0.15, -0.1) is 4.72 Å². The fourth-order valence-corrected chi connectivity index (χ4v) is 4.51. The first-order valence-corrected chi connectivity index (χ1v) is 8.88. The Labute approximate surface area is 130 Å². The van der Waals surface area contributed by atoms with Gasteiger partial charge in [-0.1, -0.05) is 0 Å². The summed E-state index contributed by atoms with van der Waals surface area (Å²) in [5.74, 6) is 0. The van der Waals surface area contributed by atoms with Crippen LogP contribution in [-0.4, -0.2) is 32.2 Å². The first-order chi connectivity index (χ1) is 9.83. The lowest BCUT2D eigenvalue weighted by Gasteiger charge is -2.40. The van der Waals surface area contributed by atoms with Crippen LogP contribution in [0.1, 0.15) is 50.9 Å². The molecule has 0 bridgehead atoms. The van der Waals surface area contributed by atoms with Gasteiger partial charge in [-0.25, -0.2) is 0 Å². The predicted octanol–water partition coefficient (Wildman–Crippen LogP) is 1.44. The average molecular weight is 310 g/mol. The molecule has 2 aliphatic rings. The Morgan fingerprint density at radius 3 is 2.71 bits per heavy atom. The van der Waals surface area contributed by atoms with Crippen molar-refractivity contribution in [2.24, 2.45) is 12.5 Å². The molecule has 2 heterocycles. The second-order valence-electron chi connectivity index (χ2n) is 7.39. The third kappa shape index (κ3) is 2.63. The summed E-state index contributed by atoms with van der Waals surface area (Å²) in [4.78, 5) is 0. The number of rotatable bonds is 2. The molecule has 21 heavy (non-hydrogen) atoms. The van der Waals surface area contributed by atoms with Crippen molar-refractivity contribution in [1.29, 1.82) is 0 Å². The molecular formula is C15H26N4OS. The van der Waals surface area contributed by atoms with Gasteiger partial charge in [0.1, 0.15) is 4.75 Å². The quantitative estimate of drug-likeness (QED) is 0.811. The number of fused-ring (bicyclic) bond motifs is 1. The largest absolute Gasteiger partial charge is 0.598 e. The van der Waals surface area contributed by atoms with Crippen LogP contribution >= 0.6 is 0 Å². The second-order valence-corrected chi connectivity index (χ2v) is 9.39. The number of aryl methyl sites for hydroxylation is 1. The number of piperidine rings is 1. The highest BCUT2D eigenvalue weighted by molar-refractivity contribution is 7.90. The maximum absolute atomic E-state index is 12.6. The van der Waals surface area contributed by atoms with Crippen molar-refractivity contribution < 1.29 is 4.55 Å². The summed E-state index contributed by atoms with van der Waals surface area (Å²) >= 11 is -1.06. The molecular weight excluding hydrogens is 284 g/mol. The molecule has 0 amide bonds. The van der Waals surface area contributed by atoms with E-state index in [0.29, 0.717) is 0 Å². The lowest BCUT2D eigenvalue weighted by Crippen LogP contribution is -2.49. The van der Waals surface area contributed by atoms with Crippen LogP contribution in [-0.2, 0) is 24.8 Å². The Kier molecular flexibility index (Phi) is 3.84. The van der Waals surface area contributed by atoms with Crippen molar-refractivity contribution in [3.05, 3.63) is 17.5 Å². The molecule has 1 aromatic rings. The first kappa shape index (κ1) is 15.3. The summed E-state index contributed by atoms with van der Waals surface area (Å²) in [6, 6.07) is 0.156. The molecule has 3 rings (SSSR count). The zero-order valence-corrected chi connectivity index (χ0v) is 14.2. The fourth-order valence-electron chi connectivity index (χ4n) is 3.57. The molecule has 2 atom stereocenters. The Morgan fingerprint density at radius 2 is 2.10 bits per heavy atom. The molecule has 0 radical (unpaired) electrons. The minimum atomic E-state index is -1.06. The van der Waals surface area contributed by atoms with Crippen molar-refractivity contribution in [3.8, 4) is 0 Å². The van der Waals surface area contributed by atoms with Gasteiger partial charge >= 0.3 is 0 Å². The highest BCUT2D eigenvalue weighted by Gasteiger charge is 2.51. The maximum atomic E-state index is 12.6. The summed E-state index contributed by atoms with van der Waals surface area (Å²) in [5.41, 5.74) is 2.75. The second kappa shape index (κ2) is 5.26. The van der Waals surface area contributed by atoms with Gasteiger partial charge in [0.05, 0.1) is 12.2 Å². The molecule has 118 valence electrons. The number of nitrogens with one attached hydrogen (secondary N) is 2. The normalized spacial score (nSPS) is 26.0. The van der Waals surface area contributed by atoms with Gasteiger partial charge in [0, 0.05) is 35.1 Å². The molecule has 0 unspecified atom stereocenters. The van der Waals surface area contributed by atoms with Crippen LogP contribution in [0.25, 0.3) is 0 Å². The fraction of sp³-hybridized carbons (Fsp3) is 0.800. The summed E-state index contributed by atoms with van der Waals surface area (Å²) in [5, 5.41) is 7.85. The van der Waals surface area contributed by atoms with Crippen molar-refractivity contribution in [1.82, 2.24) is 19.8 Å². The highest BCUT2D eigenvalue weighted by Crippen LogP contribution is 2.51. The van der Waals surface area contributed by atoms with E-state index in [1.165, 1.54) is 11.3 Å². The minimum absolute atomic E-state index is 0.156. The van der Waals surface area contributed by atoms with E-state index in [0.717, 1.165) is 32.4 Å². The highest BCUT2D eigenvalue weighted by atomic mass is 32.2. The molecule has 6 heteroatoms. The van der Waals surface area contributed by atoms with Crippen LogP contribution in [0.3, 0.4) is 0 Å². The Morgan fingerprint density at radius 1 is 1.43 bits per heavy atom.